The van der Waals surface area contributed by atoms with Crippen molar-refractivity contribution >= 4 is 45.3 Å². The molecule has 6 nitrogen and oxygen atoms in total. The molecule has 0 rings (SSSR count). The van der Waals surface area contributed by atoms with Crippen LogP contribution in [0.5, 0.6) is 0 Å². The van der Waals surface area contributed by atoms with Crippen LogP contribution in [-0.4, -0.2) is 10.3 Å². The molecule has 0 amide bonds. The van der Waals surface area contributed by atoms with Crippen molar-refractivity contribution in [2.45, 2.75) is 10.3 Å². The Bertz CT molecular complexity index is 406. The van der Waals surface area contributed by atoms with Crippen LogP contribution in [0, 0.1) is 68.0 Å². The number of hydrogen-bond donors (Lipinski definition) is 0. The van der Waals surface area contributed by atoms with Crippen LogP contribution in [-0.2, 0) is 13.9 Å². The second-order valence-corrected chi connectivity index (χ2v) is 11.2. The Balaban J connectivity index is -0.000000224. The van der Waals surface area contributed by atoms with Gasteiger partial charge >= 0.3 is 40.8 Å². The zero-order valence-electron chi connectivity index (χ0n) is 8.91. The molecule has 0 fully saturated rings. The van der Waals surface area contributed by atoms with Crippen molar-refractivity contribution in [3.8, 4) is 36.4 Å². The van der Waals surface area contributed by atoms with Gasteiger partial charge in [0, 0.05) is 0 Å². The molecule has 0 bridgehead atoms. The van der Waals surface area contributed by atoms with Crippen molar-refractivity contribution in [3.63, 3.8) is 0 Å². The van der Waals surface area contributed by atoms with E-state index in [4.69, 9.17) is 31.6 Å². The van der Waals surface area contributed by atoms with E-state index in [0.29, 0.717) is 13.9 Å². The van der Waals surface area contributed by atoms with Crippen LogP contribution in [0.1, 0.15) is 0 Å². The van der Waals surface area contributed by atoms with E-state index in [-0.39, 0.29) is 0 Å². The van der Waals surface area contributed by atoms with Gasteiger partial charge in [0.05, 0.1) is 0 Å². The predicted octanol–water partition coefficient (Wildman–Crippen LogP) is 2.03. The van der Waals surface area contributed by atoms with Gasteiger partial charge in [-0.15, -0.1) is 0 Å². The Morgan fingerprint density at radius 2 is 0.737 bits per heavy atom. The normalized spacial score (nSPS) is 8.11. The number of halogens is 2. The minimum absolute atomic E-state index is 0.575. The summed E-state index contributed by atoms with van der Waals surface area (Å²) in [5.74, 6) is 0. The molecule has 2 unspecified atom stereocenters. The molecule has 100 valence electrons. The van der Waals surface area contributed by atoms with Gasteiger partial charge in [-0.3, -0.25) is 0 Å². The monoisotopic (exact) mass is 510 g/mol. The molecular weight excluding hydrogens is 508 g/mol. The molecule has 0 aromatic carbocycles. The van der Waals surface area contributed by atoms with Gasteiger partial charge in [0.15, 0.2) is 0 Å². The van der Waals surface area contributed by atoms with Gasteiger partial charge in [0.1, 0.15) is 36.4 Å². The van der Waals surface area contributed by atoms with Crippen molar-refractivity contribution in [3.05, 3.63) is 0 Å². The number of nitrogens with zero attached hydrogens (tertiary/aromatic N) is 6. The first kappa shape index (κ1) is 23.5. The molecule has 0 aromatic rings. The first-order valence-corrected chi connectivity index (χ1v) is 11.9. The summed E-state index contributed by atoms with van der Waals surface area (Å²) in [6.07, 6.45) is 0. The third-order valence-electron chi connectivity index (χ3n) is 1.06. The third kappa shape index (κ3) is 13.7. The van der Waals surface area contributed by atoms with Crippen molar-refractivity contribution in [2.24, 2.45) is 0 Å². The molecule has 0 aliphatic carbocycles. The van der Waals surface area contributed by atoms with Gasteiger partial charge in [-0.1, -0.05) is 18.5 Å². The first-order chi connectivity index (χ1) is 8.78. The second kappa shape index (κ2) is 13.8. The van der Waals surface area contributed by atoms with Crippen molar-refractivity contribution in [1.29, 1.82) is 31.6 Å². The molecule has 2 atom stereocenters. The zero-order chi connectivity index (χ0) is 15.9. The van der Waals surface area contributed by atoms with Crippen LogP contribution in [0.4, 0.5) is 0 Å². The average Bonchev–Trinajstić information content (AvgIpc) is 2.47. The van der Waals surface area contributed by atoms with E-state index in [0.717, 1.165) is 0 Å². The van der Waals surface area contributed by atoms with E-state index in [1.165, 1.54) is 36.4 Å². The summed E-state index contributed by atoms with van der Waals surface area (Å²) in [5.41, 5.74) is 0. The number of rotatable bonds is 0. The van der Waals surface area contributed by atoms with Crippen LogP contribution < -0.4 is 0 Å². The summed E-state index contributed by atoms with van der Waals surface area (Å²) in [7, 11) is 3.72. The molecule has 0 aliphatic rings. The van der Waals surface area contributed by atoms with Crippen molar-refractivity contribution in [2.75, 3.05) is 0 Å². The second-order valence-electron chi connectivity index (χ2n) is 2.33. The van der Waals surface area contributed by atoms with Crippen LogP contribution in [0.3, 0.4) is 0 Å². The molecule has 0 radical (unpaired) electrons. The van der Waals surface area contributed by atoms with E-state index < -0.39 is 10.3 Å². The van der Waals surface area contributed by atoms with Gasteiger partial charge in [0.2, 0.25) is 10.3 Å². The average molecular weight is 512 g/mol. The molecular formula is C8H4Br2N6P2Pd. The van der Waals surface area contributed by atoms with Gasteiger partial charge in [-0.05, 0) is 0 Å². The molecule has 0 heterocycles. The van der Waals surface area contributed by atoms with Gasteiger partial charge < -0.3 is 0 Å². The summed E-state index contributed by atoms with van der Waals surface area (Å²) >= 11 is 6.80. The maximum absolute atomic E-state index is 8.07. The minimum atomic E-state index is -1.54. The summed E-state index contributed by atoms with van der Waals surface area (Å²) in [6.45, 7) is 0. The summed E-state index contributed by atoms with van der Waals surface area (Å²) in [4.78, 5) is 0. The molecule has 19 heavy (non-hydrogen) atoms. The Labute approximate surface area is 137 Å². The van der Waals surface area contributed by atoms with Gasteiger partial charge in [-0.2, -0.15) is 31.6 Å². The Kier molecular flexibility index (Phi) is 17.1. The first-order valence-electron chi connectivity index (χ1n) is 3.66. The topological polar surface area (TPSA) is 143 Å². The van der Waals surface area contributed by atoms with Crippen molar-refractivity contribution < 1.29 is 13.9 Å². The molecule has 0 aromatic heterocycles. The molecule has 0 N–H and O–H groups in total. The molecule has 0 aliphatic heterocycles. The van der Waals surface area contributed by atoms with E-state index in [1.54, 1.807) is 0 Å². The maximum atomic E-state index is 8.07. The van der Waals surface area contributed by atoms with Crippen LogP contribution in [0.15, 0.2) is 0 Å². The fraction of sp³-hybridized carbons (Fsp3) is 0.250. The summed E-state index contributed by atoms with van der Waals surface area (Å²) in [6, 6.07) is 9.11. The molecule has 0 spiro atoms. The molecule has 0 saturated carbocycles. The van der Waals surface area contributed by atoms with Crippen LogP contribution >= 0.6 is 45.3 Å². The van der Waals surface area contributed by atoms with Gasteiger partial charge in [-0.25, -0.2) is 0 Å². The number of hydrogen-bond acceptors (Lipinski definition) is 6. The van der Waals surface area contributed by atoms with E-state index >= 15 is 0 Å². The summed E-state index contributed by atoms with van der Waals surface area (Å²) in [5, 5.41) is 45.3. The van der Waals surface area contributed by atoms with E-state index in [1.807, 2.05) is 18.5 Å². The van der Waals surface area contributed by atoms with E-state index in [2.05, 4.69) is 26.9 Å². The Morgan fingerprint density at radius 1 is 0.632 bits per heavy atom. The Hall–Kier alpha value is -0.578. The Morgan fingerprint density at radius 3 is 0.737 bits per heavy atom. The SMILES string of the molecule is N#CC(P)(C#N)C#N.N#CC(P)(C#N)C#N.[Br][Pd][Br]. The van der Waals surface area contributed by atoms with Gasteiger partial charge in [0.25, 0.3) is 0 Å². The van der Waals surface area contributed by atoms with E-state index in [9.17, 15) is 0 Å². The zero-order valence-corrected chi connectivity index (χ0v) is 15.9. The van der Waals surface area contributed by atoms with Crippen molar-refractivity contribution in [1.82, 2.24) is 0 Å². The number of nitriles is 6. The standard InChI is InChI=1S/2C4H2N3P.2BrH.Pd/c2*5-1-4(8,2-6)3-7;;;/h2*8H2;2*1H;/q;;;;+2/p-2. The fourth-order valence-electron chi connectivity index (χ4n) is 0.150. The molecule has 0 saturated heterocycles. The predicted molar refractivity (Wildman–Crippen MR) is 76.4 cm³/mol. The fourth-order valence-corrected chi connectivity index (χ4v) is 0.150. The third-order valence-corrected chi connectivity index (χ3v) is 1.83. The van der Waals surface area contributed by atoms with Crippen LogP contribution in [0.2, 0.25) is 0 Å². The quantitative estimate of drug-likeness (QED) is 0.359. The van der Waals surface area contributed by atoms with Crippen LogP contribution in [0.25, 0.3) is 0 Å². The molecule has 11 heteroatoms. The summed E-state index contributed by atoms with van der Waals surface area (Å²) < 4.78 is 0.